The van der Waals surface area contributed by atoms with Crippen LogP contribution in [0.4, 0.5) is 0 Å². The molecule has 0 aromatic carbocycles. The fraction of sp³-hybridized carbons (Fsp3) is 0.600. The molecular formula is C10H14N2O4S. The summed E-state index contributed by atoms with van der Waals surface area (Å²) in [5.74, 6) is -1.36. The second-order valence-electron chi connectivity index (χ2n) is 3.90. The highest BCUT2D eigenvalue weighted by atomic mass is 32.2. The van der Waals surface area contributed by atoms with Gasteiger partial charge in [-0.25, -0.2) is 4.79 Å². The molecule has 0 atom stereocenters. The zero-order valence-corrected chi connectivity index (χ0v) is 11.0. The van der Waals surface area contributed by atoms with Gasteiger partial charge >= 0.3 is 11.9 Å². The highest BCUT2D eigenvalue weighted by Crippen LogP contribution is 2.09. The lowest BCUT2D eigenvalue weighted by atomic mass is 10.2. The van der Waals surface area contributed by atoms with Crippen LogP contribution in [0.15, 0.2) is 4.40 Å². The third-order valence-electron chi connectivity index (χ3n) is 1.26. The van der Waals surface area contributed by atoms with Crippen molar-refractivity contribution in [3.8, 4) is 6.07 Å². The van der Waals surface area contributed by atoms with Crippen molar-refractivity contribution in [2.75, 3.05) is 12.9 Å². The maximum atomic E-state index is 11.4. The molecule has 0 saturated carbocycles. The molecule has 0 aromatic heterocycles. The van der Waals surface area contributed by atoms with Crippen LogP contribution in [0.25, 0.3) is 0 Å². The van der Waals surface area contributed by atoms with Gasteiger partial charge in [0.15, 0.2) is 0 Å². The van der Waals surface area contributed by atoms with E-state index in [2.05, 4.69) is 9.13 Å². The minimum absolute atomic E-state index is 0.0650. The summed E-state index contributed by atoms with van der Waals surface area (Å²) in [6.07, 6.45) is 0. The third kappa shape index (κ3) is 7.36. The summed E-state index contributed by atoms with van der Waals surface area (Å²) in [4.78, 5) is 22.2. The second kappa shape index (κ2) is 6.91. The van der Waals surface area contributed by atoms with E-state index in [9.17, 15) is 9.59 Å². The topological polar surface area (TPSA) is 88.8 Å². The Labute approximate surface area is 104 Å². The van der Waals surface area contributed by atoms with Crippen molar-refractivity contribution in [3.63, 3.8) is 0 Å². The standard InChI is InChI=1S/C10H14N2O4S/c1-10(2,3)16-9(14)7(5-11)12-17-6-8(13)15-4/h6H2,1-4H3/b12-7+. The second-order valence-corrected chi connectivity index (χ2v) is 4.63. The molecule has 6 nitrogen and oxygen atoms in total. The van der Waals surface area contributed by atoms with Gasteiger partial charge in [-0.2, -0.15) is 9.66 Å². The van der Waals surface area contributed by atoms with Gasteiger partial charge in [-0.3, -0.25) is 4.79 Å². The van der Waals surface area contributed by atoms with Crippen LogP contribution in [-0.2, 0) is 19.1 Å². The first-order chi connectivity index (χ1) is 7.80. The molecule has 0 spiro atoms. The average Bonchev–Trinajstić information content (AvgIpc) is 2.21. The van der Waals surface area contributed by atoms with E-state index >= 15 is 0 Å². The van der Waals surface area contributed by atoms with Crippen LogP contribution in [0.5, 0.6) is 0 Å². The van der Waals surface area contributed by atoms with Gasteiger partial charge < -0.3 is 9.47 Å². The van der Waals surface area contributed by atoms with Crippen molar-refractivity contribution < 1.29 is 19.1 Å². The van der Waals surface area contributed by atoms with Gasteiger partial charge in [-0.15, -0.1) is 0 Å². The van der Waals surface area contributed by atoms with E-state index in [0.29, 0.717) is 0 Å². The molecule has 0 heterocycles. The molecule has 0 N–H and O–H groups in total. The van der Waals surface area contributed by atoms with E-state index in [1.165, 1.54) is 7.11 Å². The first-order valence-corrected chi connectivity index (χ1v) is 5.64. The number of nitriles is 1. The monoisotopic (exact) mass is 258 g/mol. The summed E-state index contributed by atoms with van der Waals surface area (Å²) in [5, 5.41) is 8.70. The Bertz CT molecular complexity index is 365. The predicted octanol–water partition coefficient (Wildman–Crippen LogP) is 1.11. The van der Waals surface area contributed by atoms with Gasteiger partial charge in [0.05, 0.1) is 7.11 Å². The number of hydrogen-bond donors (Lipinski definition) is 0. The van der Waals surface area contributed by atoms with Gasteiger partial charge in [-0.05, 0) is 32.7 Å². The number of ether oxygens (including phenoxy) is 2. The van der Waals surface area contributed by atoms with Crippen LogP contribution in [0, 0.1) is 11.3 Å². The average molecular weight is 258 g/mol. The number of carbonyl (C=O) groups is 2. The molecule has 0 aliphatic rings. The van der Waals surface area contributed by atoms with Crippen LogP contribution in [0.3, 0.4) is 0 Å². The Morgan fingerprint density at radius 2 is 2.00 bits per heavy atom. The lowest BCUT2D eigenvalue weighted by molar-refractivity contribution is -0.146. The van der Waals surface area contributed by atoms with Crippen molar-refractivity contribution >= 4 is 29.6 Å². The van der Waals surface area contributed by atoms with E-state index in [1.807, 2.05) is 0 Å². The fourth-order valence-corrected chi connectivity index (χ4v) is 1.17. The van der Waals surface area contributed by atoms with Gasteiger partial charge in [0.1, 0.15) is 17.4 Å². The van der Waals surface area contributed by atoms with Crippen LogP contribution in [-0.4, -0.2) is 36.1 Å². The summed E-state index contributed by atoms with van der Waals surface area (Å²) in [6.45, 7) is 5.05. The number of hydrogen-bond acceptors (Lipinski definition) is 7. The Balaban J connectivity index is 4.43. The summed E-state index contributed by atoms with van der Waals surface area (Å²) < 4.78 is 12.9. The van der Waals surface area contributed by atoms with E-state index in [4.69, 9.17) is 10.00 Å². The number of nitrogens with zero attached hydrogens (tertiary/aromatic N) is 2. The molecule has 0 saturated heterocycles. The fourth-order valence-electron chi connectivity index (χ4n) is 0.638. The summed E-state index contributed by atoms with van der Waals surface area (Å²) in [7, 11) is 1.24. The molecule has 17 heavy (non-hydrogen) atoms. The van der Waals surface area contributed by atoms with Crippen molar-refractivity contribution in [2.45, 2.75) is 26.4 Å². The van der Waals surface area contributed by atoms with E-state index in [0.717, 1.165) is 11.9 Å². The Kier molecular flexibility index (Phi) is 6.28. The van der Waals surface area contributed by atoms with E-state index < -0.39 is 17.5 Å². The first kappa shape index (κ1) is 15.4. The normalized spacial score (nSPS) is 11.6. The summed E-state index contributed by atoms with van der Waals surface area (Å²) in [5.41, 5.74) is -1.07. The molecular weight excluding hydrogens is 244 g/mol. The Hall–Kier alpha value is -1.55. The minimum Gasteiger partial charge on any atom is -0.468 e. The van der Waals surface area contributed by atoms with Crippen LogP contribution in [0.1, 0.15) is 20.8 Å². The predicted molar refractivity (Wildman–Crippen MR) is 63.4 cm³/mol. The van der Waals surface area contributed by atoms with Gasteiger partial charge in [0.25, 0.3) is 0 Å². The maximum Gasteiger partial charge on any atom is 0.369 e. The minimum atomic E-state index is -0.808. The highest BCUT2D eigenvalue weighted by molar-refractivity contribution is 7.98. The third-order valence-corrected chi connectivity index (χ3v) is 1.94. The number of esters is 2. The van der Waals surface area contributed by atoms with Gasteiger partial charge in [0, 0.05) is 0 Å². The largest absolute Gasteiger partial charge is 0.468 e. The molecule has 0 aromatic rings. The molecule has 0 fully saturated rings. The quantitative estimate of drug-likeness (QED) is 0.426. The van der Waals surface area contributed by atoms with Gasteiger partial charge in [-0.1, -0.05) is 0 Å². The smallest absolute Gasteiger partial charge is 0.369 e. The molecule has 0 aliphatic heterocycles. The Morgan fingerprint density at radius 1 is 1.41 bits per heavy atom. The zero-order valence-electron chi connectivity index (χ0n) is 10.1. The molecule has 0 unspecified atom stereocenters. The molecule has 0 radical (unpaired) electrons. The summed E-state index contributed by atoms with van der Waals surface area (Å²) in [6, 6.07) is 1.62. The van der Waals surface area contributed by atoms with Crippen molar-refractivity contribution in [1.29, 1.82) is 5.26 Å². The molecule has 0 rings (SSSR count). The molecule has 0 aliphatic carbocycles. The maximum absolute atomic E-state index is 11.4. The summed E-state index contributed by atoms with van der Waals surface area (Å²) >= 11 is 0.763. The SMILES string of the molecule is COC(=O)CS/N=C(\C#N)C(=O)OC(C)(C)C. The molecule has 7 heteroatoms. The lowest BCUT2D eigenvalue weighted by Gasteiger charge is -2.18. The van der Waals surface area contributed by atoms with E-state index in [-0.39, 0.29) is 11.5 Å². The zero-order chi connectivity index (χ0) is 13.5. The molecule has 0 bridgehead atoms. The number of rotatable bonds is 4. The van der Waals surface area contributed by atoms with E-state index in [1.54, 1.807) is 26.8 Å². The number of carbonyl (C=O) groups excluding carboxylic acids is 2. The van der Waals surface area contributed by atoms with Crippen molar-refractivity contribution in [2.24, 2.45) is 4.40 Å². The number of methoxy groups -OCH3 is 1. The molecule has 94 valence electrons. The van der Waals surface area contributed by atoms with Gasteiger partial charge in [0.2, 0.25) is 5.71 Å². The van der Waals surface area contributed by atoms with Crippen LogP contribution in [0.2, 0.25) is 0 Å². The van der Waals surface area contributed by atoms with Crippen LogP contribution >= 0.6 is 11.9 Å². The molecule has 0 amide bonds. The van der Waals surface area contributed by atoms with Crippen molar-refractivity contribution in [1.82, 2.24) is 0 Å². The Morgan fingerprint density at radius 3 is 2.41 bits per heavy atom. The lowest BCUT2D eigenvalue weighted by Crippen LogP contribution is -2.28. The highest BCUT2D eigenvalue weighted by Gasteiger charge is 2.21. The van der Waals surface area contributed by atoms with Crippen LogP contribution < -0.4 is 0 Å². The first-order valence-electron chi connectivity index (χ1n) is 4.70. The van der Waals surface area contributed by atoms with Crippen molar-refractivity contribution in [3.05, 3.63) is 0 Å².